The summed E-state index contributed by atoms with van der Waals surface area (Å²) in [6.07, 6.45) is 0.704. The average Bonchev–Trinajstić information content (AvgIpc) is 2.83. The third-order valence-electron chi connectivity index (χ3n) is 3.52. The monoisotopic (exact) mass is 270 g/mol. The van der Waals surface area contributed by atoms with Crippen LogP contribution in [0.5, 0.6) is 0 Å². The number of hydrogen-bond donors (Lipinski definition) is 0. The van der Waals surface area contributed by atoms with Crippen molar-refractivity contribution in [2.75, 3.05) is 14.2 Å². The minimum absolute atomic E-state index is 0.140. The third kappa shape index (κ3) is 2.43. The van der Waals surface area contributed by atoms with Crippen LogP contribution in [-0.4, -0.2) is 40.1 Å². The fourth-order valence-electron chi connectivity index (χ4n) is 2.47. The summed E-state index contributed by atoms with van der Waals surface area (Å²) in [5.41, 5.74) is 0. The van der Waals surface area contributed by atoms with Gasteiger partial charge in [0.05, 0.1) is 22.4 Å². The van der Waals surface area contributed by atoms with Crippen molar-refractivity contribution in [3.05, 3.63) is 30.3 Å². The summed E-state index contributed by atoms with van der Waals surface area (Å²) in [5.74, 6) is 0. The van der Waals surface area contributed by atoms with Crippen LogP contribution in [0.4, 0.5) is 0 Å². The van der Waals surface area contributed by atoms with Gasteiger partial charge in [-0.15, -0.1) is 0 Å². The lowest BCUT2D eigenvalue weighted by molar-refractivity contribution is -0.0157. The largest absolute Gasteiger partial charge is 0.379 e. The van der Waals surface area contributed by atoms with Crippen LogP contribution in [0.1, 0.15) is 12.8 Å². The first-order valence-corrected chi connectivity index (χ1v) is 7.48. The minimum atomic E-state index is -3.28. The molecule has 0 unspecified atom stereocenters. The van der Waals surface area contributed by atoms with Gasteiger partial charge >= 0.3 is 0 Å². The molecule has 1 fully saturated rings. The predicted molar refractivity (Wildman–Crippen MR) is 68.2 cm³/mol. The normalized spacial score (nSPS) is 25.4. The quantitative estimate of drug-likeness (QED) is 0.835. The second-order valence-electron chi connectivity index (χ2n) is 4.50. The van der Waals surface area contributed by atoms with E-state index < -0.39 is 15.1 Å². The summed E-state index contributed by atoms with van der Waals surface area (Å²) in [4.78, 5) is 0.376. The maximum Gasteiger partial charge on any atom is 0.181 e. The van der Waals surface area contributed by atoms with Crippen molar-refractivity contribution >= 4 is 9.84 Å². The molecule has 0 aliphatic heterocycles. The van der Waals surface area contributed by atoms with Crippen LogP contribution >= 0.6 is 0 Å². The van der Waals surface area contributed by atoms with E-state index in [2.05, 4.69) is 0 Å². The zero-order chi connectivity index (χ0) is 13.2. The first-order valence-electron chi connectivity index (χ1n) is 5.94. The fraction of sp³-hybridized carbons (Fsp3) is 0.538. The van der Waals surface area contributed by atoms with E-state index in [9.17, 15) is 8.42 Å². The Morgan fingerprint density at radius 2 is 1.50 bits per heavy atom. The Labute approximate surface area is 108 Å². The van der Waals surface area contributed by atoms with Gasteiger partial charge in [0.15, 0.2) is 9.84 Å². The third-order valence-corrected chi connectivity index (χ3v) is 5.71. The molecule has 2 atom stereocenters. The van der Waals surface area contributed by atoms with E-state index >= 15 is 0 Å². The van der Waals surface area contributed by atoms with E-state index in [1.165, 1.54) is 0 Å². The molecule has 0 bridgehead atoms. The van der Waals surface area contributed by atoms with Crippen molar-refractivity contribution in [2.24, 2.45) is 0 Å². The second-order valence-corrected chi connectivity index (χ2v) is 6.73. The van der Waals surface area contributed by atoms with E-state index in [-0.39, 0.29) is 12.2 Å². The molecule has 1 saturated carbocycles. The molecule has 5 heteroatoms. The lowest BCUT2D eigenvalue weighted by atomic mass is 10.3. The van der Waals surface area contributed by atoms with Crippen molar-refractivity contribution in [1.29, 1.82) is 0 Å². The summed E-state index contributed by atoms with van der Waals surface area (Å²) in [7, 11) is -0.102. The highest BCUT2D eigenvalue weighted by atomic mass is 32.2. The maximum absolute atomic E-state index is 12.4. The van der Waals surface area contributed by atoms with Crippen LogP contribution < -0.4 is 0 Å². The standard InChI is InChI=1S/C13H18O4S/c1-16-12-8-11(9-13(12)17-2)18(14,15)10-6-4-3-5-7-10/h3-7,11-13H,8-9H2,1-2H3/t12-,13-/m1/s1. The summed E-state index contributed by atoms with van der Waals surface area (Å²) in [5, 5.41) is -0.421. The van der Waals surface area contributed by atoms with E-state index in [0.717, 1.165) is 0 Å². The summed E-state index contributed by atoms with van der Waals surface area (Å²) in [6.45, 7) is 0. The van der Waals surface area contributed by atoms with Crippen LogP contribution in [0.25, 0.3) is 0 Å². The lowest BCUT2D eigenvalue weighted by Crippen LogP contribution is -2.23. The molecule has 1 aromatic rings. The molecule has 1 aliphatic carbocycles. The Balaban J connectivity index is 2.23. The molecule has 100 valence electrons. The number of ether oxygens (including phenoxy) is 2. The Bertz CT molecular complexity index is 471. The van der Waals surface area contributed by atoms with E-state index in [1.807, 2.05) is 6.07 Å². The van der Waals surface area contributed by atoms with E-state index in [1.54, 1.807) is 38.5 Å². The van der Waals surface area contributed by atoms with Gasteiger partial charge in [0, 0.05) is 14.2 Å². The zero-order valence-corrected chi connectivity index (χ0v) is 11.4. The predicted octanol–water partition coefficient (Wildman–Crippen LogP) is 1.65. The Morgan fingerprint density at radius 3 is 1.94 bits per heavy atom. The van der Waals surface area contributed by atoms with Crippen molar-refractivity contribution < 1.29 is 17.9 Å². The van der Waals surface area contributed by atoms with E-state index in [4.69, 9.17) is 9.47 Å². The van der Waals surface area contributed by atoms with Crippen LogP contribution in [0.2, 0.25) is 0 Å². The highest BCUT2D eigenvalue weighted by molar-refractivity contribution is 7.92. The van der Waals surface area contributed by atoms with Crippen molar-refractivity contribution in [3.8, 4) is 0 Å². The molecule has 0 spiro atoms. The Kier molecular flexibility index (Phi) is 4.04. The van der Waals surface area contributed by atoms with Crippen molar-refractivity contribution in [2.45, 2.75) is 35.2 Å². The molecule has 0 radical (unpaired) electrons. The summed E-state index contributed by atoms with van der Waals surface area (Å²) in [6, 6.07) is 8.56. The molecule has 18 heavy (non-hydrogen) atoms. The van der Waals surface area contributed by atoms with Gasteiger partial charge in [-0.3, -0.25) is 0 Å². The van der Waals surface area contributed by atoms with Crippen LogP contribution in [-0.2, 0) is 19.3 Å². The topological polar surface area (TPSA) is 52.6 Å². The van der Waals surface area contributed by atoms with Gasteiger partial charge in [0.2, 0.25) is 0 Å². The molecule has 1 aliphatic rings. The highest BCUT2D eigenvalue weighted by Gasteiger charge is 2.41. The number of rotatable bonds is 4. The molecular formula is C13H18O4S. The molecule has 1 aromatic carbocycles. The number of methoxy groups -OCH3 is 2. The highest BCUT2D eigenvalue weighted by Crippen LogP contribution is 2.32. The minimum Gasteiger partial charge on any atom is -0.379 e. The van der Waals surface area contributed by atoms with Gasteiger partial charge in [0.1, 0.15) is 0 Å². The molecule has 2 rings (SSSR count). The summed E-state index contributed by atoms with van der Waals surface area (Å²) >= 11 is 0. The zero-order valence-electron chi connectivity index (χ0n) is 10.6. The fourth-order valence-corrected chi connectivity index (χ4v) is 4.28. The first-order chi connectivity index (χ1) is 8.59. The number of hydrogen-bond acceptors (Lipinski definition) is 4. The van der Waals surface area contributed by atoms with Gasteiger partial charge in [0.25, 0.3) is 0 Å². The van der Waals surface area contributed by atoms with Gasteiger partial charge in [-0.05, 0) is 25.0 Å². The molecular weight excluding hydrogens is 252 g/mol. The summed E-state index contributed by atoms with van der Waals surface area (Å²) < 4.78 is 35.5. The molecule has 0 aromatic heterocycles. The van der Waals surface area contributed by atoms with Gasteiger partial charge in [-0.2, -0.15) is 0 Å². The van der Waals surface area contributed by atoms with Crippen molar-refractivity contribution in [3.63, 3.8) is 0 Å². The van der Waals surface area contributed by atoms with Crippen LogP contribution in [0, 0.1) is 0 Å². The Hall–Kier alpha value is -0.910. The van der Waals surface area contributed by atoms with E-state index in [0.29, 0.717) is 17.7 Å². The SMILES string of the molecule is CO[C@@H]1CC(S(=O)(=O)c2ccccc2)C[C@H]1OC. The van der Waals surface area contributed by atoms with Gasteiger partial charge in [-0.25, -0.2) is 8.42 Å². The van der Waals surface area contributed by atoms with Crippen LogP contribution in [0.3, 0.4) is 0 Å². The molecule has 0 heterocycles. The van der Waals surface area contributed by atoms with Crippen molar-refractivity contribution in [1.82, 2.24) is 0 Å². The molecule has 4 nitrogen and oxygen atoms in total. The average molecular weight is 270 g/mol. The molecule has 0 N–H and O–H groups in total. The Morgan fingerprint density at radius 1 is 1.00 bits per heavy atom. The van der Waals surface area contributed by atoms with Gasteiger partial charge in [-0.1, -0.05) is 18.2 Å². The number of sulfone groups is 1. The molecule has 0 amide bonds. The first kappa shape index (κ1) is 13.5. The number of benzene rings is 1. The van der Waals surface area contributed by atoms with Crippen LogP contribution in [0.15, 0.2) is 35.2 Å². The molecule has 0 saturated heterocycles. The lowest BCUT2D eigenvalue weighted by Gasteiger charge is -2.15. The smallest absolute Gasteiger partial charge is 0.181 e. The maximum atomic E-state index is 12.4. The van der Waals surface area contributed by atoms with Gasteiger partial charge < -0.3 is 9.47 Å². The second kappa shape index (κ2) is 5.38.